The van der Waals surface area contributed by atoms with E-state index < -0.39 is 0 Å². The highest BCUT2D eigenvalue weighted by atomic mass is 35.5. The molecule has 6 heteroatoms. The first-order valence-electron chi connectivity index (χ1n) is 9.05. The van der Waals surface area contributed by atoms with E-state index in [-0.39, 0.29) is 12.0 Å². The lowest BCUT2D eigenvalue weighted by atomic mass is 10.0. The highest BCUT2D eigenvalue weighted by molar-refractivity contribution is 6.34. The maximum absolute atomic E-state index is 12.9. The summed E-state index contributed by atoms with van der Waals surface area (Å²) in [4.78, 5) is 20.3. The largest absolute Gasteiger partial charge is 0.459 e. The summed E-state index contributed by atoms with van der Waals surface area (Å²) in [5, 5.41) is 4.84. The summed E-state index contributed by atoms with van der Waals surface area (Å²) in [5.74, 6) is 0.129. The van der Waals surface area contributed by atoms with Crippen LogP contribution in [0.4, 0.5) is 0 Å². The molecular formula is C22H19ClN2O3. The van der Waals surface area contributed by atoms with Crippen LogP contribution in [-0.4, -0.2) is 29.2 Å². The summed E-state index contributed by atoms with van der Waals surface area (Å²) < 4.78 is 5.31. The van der Waals surface area contributed by atoms with Gasteiger partial charge in [0.05, 0.1) is 18.5 Å². The highest BCUT2D eigenvalue weighted by Crippen LogP contribution is 2.24. The Morgan fingerprint density at radius 2 is 1.86 bits per heavy atom. The van der Waals surface area contributed by atoms with E-state index in [2.05, 4.69) is 5.16 Å². The number of hydrogen-bond acceptors (Lipinski definition) is 4. The molecule has 4 rings (SSSR count). The zero-order valence-electron chi connectivity index (χ0n) is 15.1. The van der Waals surface area contributed by atoms with Crippen molar-refractivity contribution < 1.29 is 14.0 Å². The van der Waals surface area contributed by atoms with Crippen LogP contribution in [0, 0.1) is 0 Å². The fourth-order valence-electron chi connectivity index (χ4n) is 3.21. The van der Waals surface area contributed by atoms with Gasteiger partial charge in [-0.25, -0.2) is 0 Å². The lowest BCUT2D eigenvalue weighted by Gasteiger charge is -2.24. The number of nitrogens with zero attached hydrogens (tertiary/aromatic N) is 2. The minimum absolute atomic E-state index is 0.177. The predicted octanol–water partition coefficient (Wildman–Crippen LogP) is 4.77. The Kier molecular flexibility index (Phi) is 5.44. The Hall–Kier alpha value is -3.05. The molecule has 28 heavy (non-hydrogen) atoms. The number of carbonyl (C=O) groups excluding carboxylic acids is 1. The highest BCUT2D eigenvalue weighted by Gasteiger charge is 2.28. The smallest absolute Gasteiger partial charge is 0.289 e. The SMILES string of the molecule is O=C(c1ccco1)N(Cc1ccccc1)C[C@H]1CC(c2ccccc2Cl)=NO1. The van der Waals surface area contributed by atoms with Crippen molar-refractivity contribution in [3.8, 4) is 0 Å². The minimum Gasteiger partial charge on any atom is -0.459 e. The Morgan fingerprint density at radius 3 is 2.61 bits per heavy atom. The van der Waals surface area contributed by atoms with E-state index in [4.69, 9.17) is 20.9 Å². The van der Waals surface area contributed by atoms with Gasteiger partial charge in [0.2, 0.25) is 0 Å². The van der Waals surface area contributed by atoms with Crippen LogP contribution in [0.15, 0.2) is 82.6 Å². The third kappa shape index (κ3) is 4.10. The van der Waals surface area contributed by atoms with Crippen LogP contribution in [0.25, 0.3) is 0 Å². The Morgan fingerprint density at radius 1 is 1.07 bits per heavy atom. The van der Waals surface area contributed by atoms with Gasteiger partial charge in [-0.05, 0) is 23.8 Å². The molecule has 0 saturated heterocycles. The summed E-state index contributed by atoms with van der Waals surface area (Å²) in [5.41, 5.74) is 2.69. The second-order valence-corrected chi connectivity index (χ2v) is 7.01. The van der Waals surface area contributed by atoms with Crippen molar-refractivity contribution in [2.45, 2.75) is 19.1 Å². The van der Waals surface area contributed by atoms with E-state index >= 15 is 0 Å². The molecule has 0 unspecified atom stereocenters. The quantitative estimate of drug-likeness (QED) is 0.605. The maximum atomic E-state index is 12.9. The van der Waals surface area contributed by atoms with Crippen molar-refractivity contribution in [1.29, 1.82) is 0 Å². The molecule has 142 valence electrons. The normalized spacial score (nSPS) is 15.8. The van der Waals surface area contributed by atoms with Crippen molar-refractivity contribution in [2.24, 2.45) is 5.16 Å². The van der Waals surface area contributed by atoms with Crippen LogP contribution in [0.1, 0.15) is 28.1 Å². The lowest BCUT2D eigenvalue weighted by molar-refractivity contribution is 0.0387. The number of oxime groups is 1. The minimum atomic E-state index is -0.242. The summed E-state index contributed by atoms with van der Waals surface area (Å²) in [6.45, 7) is 0.855. The molecule has 1 aliphatic heterocycles. The van der Waals surface area contributed by atoms with Gasteiger partial charge in [0.1, 0.15) is 0 Å². The monoisotopic (exact) mass is 394 g/mol. The number of amides is 1. The molecule has 0 fully saturated rings. The van der Waals surface area contributed by atoms with Crippen molar-refractivity contribution in [3.05, 3.63) is 94.9 Å². The third-order valence-corrected chi connectivity index (χ3v) is 4.91. The molecule has 0 bridgehead atoms. The lowest BCUT2D eigenvalue weighted by Crippen LogP contribution is -2.37. The predicted molar refractivity (Wildman–Crippen MR) is 107 cm³/mol. The molecule has 1 atom stereocenters. The number of benzene rings is 2. The van der Waals surface area contributed by atoms with E-state index in [1.807, 2.05) is 54.6 Å². The molecule has 1 aliphatic rings. The van der Waals surface area contributed by atoms with Crippen LogP contribution in [-0.2, 0) is 11.4 Å². The van der Waals surface area contributed by atoms with Gasteiger partial charge in [0, 0.05) is 23.6 Å². The van der Waals surface area contributed by atoms with Crippen molar-refractivity contribution in [3.63, 3.8) is 0 Å². The van der Waals surface area contributed by atoms with E-state index in [0.29, 0.717) is 30.3 Å². The van der Waals surface area contributed by atoms with Gasteiger partial charge in [-0.3, -0.25) is 4.79 Å². The molecule has 5 nitrogen and oxygen atoms in total. The van der Waals surface area contributed by atoms with Crippen molar-refractivity contribution in [1.82, 2.24) is 4.90 Å². The first kappa shape index (κ1) is 18.3. The molecule has 0 saturated carbocycles. The molecule has 0 radical (unpaired) electrons. The van der Waals surface area contributed by atoms with Crippen LogP contribution >= 0.6 is 11.6 Å². The number of hydrogen-bond donors (Lipinski definition) is 0. The van der Waals surface area contributed by atoms with Crippen LogP contribution in [0.2, 0.25) is 5.02 Å². The summed E-state index contributed by atoms with van der Waals surface area (Å²) in [6, 6.07) is 20.8. The Balaban J connectivity index is 1.49. The Labute approximate surface area is 168 Å². The molecule has 0 spiro atoms. The first-order chi connectivity index (χ1) is 13.7. The Bertz CT molecular complexity index is 970. The molecule has 0 aliphatic carbocycles. The fraction of sp³-hybridized carbons (Fsp3) is 0.182. The molecule has 3 aromatic rings. The van der Waals surface area contributed by atoms with Gasteiger partial charge in [0.15, 0.2) is 11.9 Å². The second-order valence-electron chi connectivity index (χ2n) is 6.60. The molecule has 1 aromatic heterocycles. The molecule has 2 heterocycles. The van der Waals surface area contributed by atoms with Crippen LogP contribution < -0.4 is 0 Å². The zero-order chi connectivity index (χ0) is 19.3. The van der Waals surface area contributed by atoms with Gasteiger partial charge < -0.3 is 14.2 Å². The van der Waals surface area contributed by atoms with Crippen LogP contribution in [0.3, 0.4) is 0 Å². The number of furan rings is 1. The van der Waals surface area contributed by atoms with Gasteiger partial charge in [-0.1, -0.05) is 65.3 Å². The number of rotatable bonds is 6. The van der Waals surface area contributed by atoms with Gasteiger partial charge in [-0.2, -0.15) is 0 Å². The van der Waals surface area contributed by atoms with Crippen molar-refractivity contribution in [2.75, 3.05) is 6.54 Å². The summed E-state index contributed by atoms with van der Waals surface area (Å²) >= 11 is 6.27. The number of halogens is 1. The van der Waals surface area contributed by atoms with Crippen LogP contribution in [0.5, 0.6) is 0 Å². The van der Waals surface area contributed by atoms with Gasteiger partial charge in [0.25, 0.3) is 5.91 Å². The first-order valence-corrected chi connectivity index (χ1v) is 9.43. The number of carbonyl (C=O) groups is 1. The average molecular weight is 395 g/mol. The van der Waals surface area contributed by atoms with E-state index in [1.165, 1.54) is 6.26 Å². The fourth-order valence-corrected chi connectivity index (χ4v) is 3.45. The van der Waals surface area contributed by atoms with Gasteiger partial charge >= 0.3 is 0 Å². The van der Waals surface area contributed by atoms with Gasteiger partial charge in [-0.15, -0.1) is 0 Å². The average Bonchev–Trinajstić information content (AvgIpc) is 3.40. The van der Waals surface area contributed by atoms with E-state index in [0.717, 1.165) is 16.8 Å². The third-order valence-electron chi connectivity index (χ3n) is 4.58. The molecular weight excluding hydrogens is 376 g/mol. The second kappa shape index (κ2) is 8.31. The zero-order valence-corrected chi connectivity index (χ0v) is 15.9. The maximum Gasteiger partial charge on any atom is 0.289 e. The van der Waals surface area contributed by atoms with E-state index in [9.17, 15) is 4.79 Å². The van der Waals surface area contributed by atoms with Crippen molar-refractivity contribution >= 4 is 23.2 Å². The molecule has 0 N–H and O–H groups in total. The summed E-state index contributed by atoms with van der Waals surface area (Å²) in [7, 11) is 0. The topological polar surface area (TPSA) is 55.0 Å². The standard InChI is InChI=1S/C22H19ClN2O3/c23-19-10-5-4-9-18(19)20-13-17(28-24-20)15-25(14-16-7-2-1-3-8-16)22(26)21-11-6-12-27-21/h1-12,17H,13-15H2/t17-/m1/s1. The molecule has 1 amide bonds. The van der Waals surface area contributed by atoms with E-state index in [1.54, 1.807) is 17.0 Å². The summed E-state index contributed by atoms with van der Waals surface area (Å²) in [6.07, 6.45) is 1.84. The molecule has 2 aromatic carbocycles.